The Morgan fingerprint density at radius 1 is 1.13 bits per heavy atom. The largest absolute Gasteiger partial charge is 0.493 e. The van der Waals surface area contributed by atoms with Crippen LogP contribution in [-0.4, -0.2) is 56.7 Å². The highest BCUT2D eigenvalue weighted by atomic mass is 19.3. The van der Waals surface area contributed by atoms with Crippen LogP contribution in [0.2, 0.25) is 0 Å². The van der Waals surface area contributed by atoms with E-state index < -0.39 is 12.5 Å². The van der Waals surface area contributed by atoms with Gasteiger partial charge in [0.15, 0.2) is 11.5 Å². The highest BCUT2D eigenvalue weighted by Gasteiger charge is 2.18. The molecule has 0 radical (unpaired) electrons. The molecule has 1 heterocycles. The van der Waals surface area contributed by atoms with Crippen LogP contribution in [-0.2, 0) is 9.53 Å². The predicted molar refractivity (Wildman–Crippen MR) is 110 cm³/mol. The van der Waals surface area contributed by atoms with Gasteiger partial charge < -0.3 is 24.4 Å². The Labute approximate surface area is 178 Å². The van der Waals surface area contributed by atoms with Crippen molar-refractivity contribution in [1.82, 2.24) is 4.90 Å². The number of carbonyl (C=O) groups excluding carboxylic acids is 2. The molecule has 2 amide bonds. The molecule has 7 nitrogen and oxygen atoms in total. The summed E-state index contributed by atoms with van der Waals surface area (Å²) in [6.07, 6.45) is 2.80. The Morgan fingerprint density at radius 3 is 2.61 bits per heavy atom. The third-order valence-corrected chi connectivity index (χ3v) is 4.51. The summed E-state index contributed by atoms with van der Waals surface area (Å²) in [6, 6.07) is 11.0. The number of anilines is 1. The van der Waals surface area contributed by atoms with Gasteiger partial charge in [-0.05, 0) is 42.0 Å². The third-order valence-electron chi connectivity index (χ3n) is 4.51. The molecule has 1 N–H and O–H groups in total. The summed E-state index contributed by atoms with van der Waals surface area (Å²) in [6.45, 7) is -0.891. The van der Waals surface area contributed by atoms with Crippen molar-refractivity contribution in [3.05, 3.63) is 59.7 Å². The summed E-state index contributed by atoms with van der Waals surface area (Å²) in [4.78, 5) is 26.6. The lowest BCUT2D eigenvalue weighted by Gasteiger charge is -2.27. The van der Waals surface area contributed by atoms with E-state index in [2.05, 4.69) is 10.1 Å². The van der Waals surface area contributed by atoms with Crippen LogP contribution < -0.4 is 14.8 Å². The van der Waals surface area contributed by atoms with E-state index in [1.54, 1.807) is 29.2 Å². The summed E-state index contributed by atoms with van der Waals surface area (Å²) in [7, 11) is 1.33. The maximum atomic E-state index is 12.6. The third kappa shape index (κ3) is 6.26. The molecule has 0 spiro atoms. The minimum absolute atomic E-state index is 0.0964. The lowest BCUT2D eigenvalue weighted by molar-refractivity contribution is -0.111. The lowest BCUT2D eigenvalue weighted by Crippen LogP contribution is -2.40. The molecular formula is C22H22F2N2O5. The first-order valence-corrected chi connectivity index (χ1v) is 9.55. The fraction of sp³-hybridized carbons (Fsp3) is 0.273. The minimum Gasteiger partial charge on any atom is -0.493 e. The van der Waals surface area contributed by atoms with Crippen molar-refractivity contribution in [2.75, 3.05) is 38.7 Å². The fourth-order valence-electron chi connectivity index (χ4n) is 3.02. The van der Waals surface area contributed by atoms with Crippen molar-refractivity contribution in [3.8, 4) is 11.5 Å². The van der Waals surface area contributed by atoms with Crippen LogP contribution >= 0.6 is 0 Å². The second-order valence-corrected chi connectivity index (χ2v) is 6.60. The van der Waals surface area contributed by atoms with Gasteiger partial charge in [-0.3, -0.25) is 9.59 Å². The Balaban J connectivity index is 1.64. The SMILES string of the molecule is COc1cc(/C=C/C(=O)Nc2cccc(C(=O)N3CCOCC3)c2)ccc1OC(F)F. The number of carbonyl (C=O) groups is 2. The van der Waals surface area contributed by atoms with E-state index in [0.717, 1.165) is 0 Å². The van der Waals surface area contributed by atoms with Crippen LogP contribution in [0.5, 0.6) is 11.5 Å². The van der Waals surface area contributed by atoms with Gasteiger partial charge in [-0.25, -0.2) is 0 Å². The zero-order valence-electron chi connectivity index (χ0n) is 16.8. The quantitative estimate of drug-likeness (QED) is 0.679. The second-order valence-electron chi connectivity index (χ2n) is 6.60. The van der Waals surface area contributed by atoms with Gasteiger partial charge in [0.1, 0.15) is 0 Å². The number of amides is 2. The van der Waals surface area contributed by atoms with Gasteiger partial charge in [-0.15, -0.1) is 0 Å². The van der Waals surface area contributed by atoms with E-state index in [0.29, 0.717) is 43.1 Å². The van der Waals surface area contributed by atoms with Crippen LogP contribution in [0.25, 0.3) is 6.08 Å². The van der Waals surface area contributed by atoms with E-state index in [9.17, 15) is 18.4 Å². The molecule has 1 aliphatic heterocycles. The first kappa shape index (κ1) is 22.2. The normalized spacial score (nSPS) is 14.0. The molecule has 0 saturated carbocycles. The maximum Gasteiger partial charge on any atom is 0.387 e. The zero-order chi connectivity index (χ0) is 22.2. The standard InChI is InChI=1S/C22H22F2N2O5/c1-29-19-13-15(5-7-18(19)31-22(23)24)6-8-20(27)25-17-4-2-3-16(14-17)21(28)26-9-11-30-12-10-26/h2-8,13-14,22H,9-12H2,1H3,(H,25,27)/b8-6+. The molecule has 3 rings (SSSR count). The molecule has 0 atom stereocenters. The van der Waals surface area contributed by atoms with Crippen molar-refractivity contribution in [2.45, 2.75) is 6.61 Å². The Hall–Kier alpha value is -3.46. The summed E-state index contributed by atoms with van der Waals surface area (Å²) in [5, 5.41) is 2.70. The van der Waals surface area contributed by atoms with Crippen LogP contribution in [0.1, 0.15) is 15.9 Å². The predicted octanol–water partition coefficient (Wildman–Crippen LogP) is 3.42. The van der Waals surface area contributed by atoms with E-state index >= 15 is 0 Å². The average molecular weight is 432 g/mol. The zero-order valence-corrected chi connectivity index (χ0v) is 16.8. The van der Waals surface area contributed by atoms with Gasteiger partial charge in [-0.2, -0.15) is 8.78 Å². The number of hydrogen-bond acceptors (Lipinski definition) is 5. The summed E-state index contributed by atoms with van der Waals surface area (Å²) < 4.78 is 39.5. The minimum atomic E-state index is -2.97. The van der Waals surface area contributed by atoms with Crippen molar-refractivity contribution < 1.29 is 32.6 Å². The van der Waals surface area contributed by atoms with Crippen LogP contribution in [0.3, 0.4) is 0 Å². The fourth-order valence-corrected chi connectivity index (χ4v) is 3.02. The molecule has 0 aromatic heterocycles. The number of nitrogens with zero attached hydrogens (tertiary/aromatic N) is 1. The number of ether oxygens (including phenoxy) is 3. The Bertz CT molecular complexity index is 959. The molecular weight excluding hydrogens is 410 g/mol. The lowest BCUT2D eigenvalue weighted by atomic mass is 10.1. The molecule has 0 unspecified atom stereocenters. The second kappa shape index (κ2) is 10.5. The van der Waals surface area contributed by atoms with E-state index in [1.165, 1.54) is 37.5 Å². The molecule has 1 aliphatic rings. The summed E-state index contributed by atoms with van der Waals surface area (Å²) in [5.41, 5.74) is 1.51. The highest BCUT2D eigenvalue weighted by Crippen LogP contribution is 2.29. The molecule has 2 aromatic carbocycles. The molecule has 31 heavy (non-hydrogen) atoms. The molecule has 1 saturated heterocycles. The Morgan fingerprint density at radius 2 is 1.90 bits per heavy atom. The number of morpholine rings is 1. The van der Waals surface area contributed by atoms with E-state index in [-0.39, 0.29) is 17.4 Å². The number of hydrogen-bond donors (Lipinski definition) is 1. The molecule has 0 bridgehead atoms. The van der Waals surface area contributed by atoms with Gasteiger partial charge in [0.2, 0.25) is 5.91 Å². The molecule has 2 aromatic rings. The molecule has 0 aliphatic carbocycles. The molecule has 1 fully saturated rings. The highest BCUT2D eigenvalue weighted by molar-refractivity contribution is 6.03. The van der Waals surface area contributed by atoms with Gasteiger partial charge >= 0.3 is 6.61 Å². The number of halogens is 2. The number of methoxy groups -OCH3 is 1. The van der Waals surface area contributed by atoms with Crippen LogP contribution in [0.4, 0.5) is 14.5 Å². The summed E-state index contributed by atoms with van der Waals surface area (Å²) in [5.74, 6) is -0.506. The molecule has 164 valence electrons. The van der Waals surface area contributed by atoms with Gasteiger partial charge in [0.05, 0.1) is 20.3 Å². The van der Waals surface area contributed by atoms with Gasteiger partial charge in [0.25, 0.3) is 5.91 Å². The number of nitrogens with one attached hydrogen (secondary N) is 1. The monoisotopic (exact) mass is 432 g/mol. The summed E-state index contributed by atoms with van der Waals surface area (Å²) >= 11 is 0. The van der Waals surface area contributed by atoms with Crippen LogP contribution in [0, 0.1) is 0 Å². The van der Waals surface area contributed by atoms with Crippen molar-refractivity contribution in [1.29, 1.82) is 0 Å². The average Bonchev–Trinajstić information content (AvgIpc) is 2.78. The van der Waals surface area contributed by atoms with Gasteiger partial charge in [-0.1, -0.05) is 12.1 Å². The van der Waals surface area contributed by atoms with Crippen molar-refractivity contribution >= 4 is 23.6 Å². The van der Waals surface area contributed by atoms with E-state index in [4.69, 9.17) is 9.47 Å². The maximum absolute atomic E-state index is 12.6. The smallest absolute Gasteiger partial charge is 0.387 e. The number of rotatable bonds is 7. The first-order chi connectivity index (χ1) is 15.0. The van der Waals surface area contributed by atoms with Crippen molar-refractivity contribution in [3.63, 3.8) is 0 Å². The first-order valence-electron chi connectivity index (χ1n) is 9.55. The number of benzene rings is 2. The van der Waals surface area contributed by atoms with Crippen molar-refractivity contribution in [2.24, 2.45) is 0 Å². The van der Waals surface area contributed by atoms with E-state index in [1.807, 2.05) is 0 Å². The molecule has 9 heteroatoms. The van der Waals surface area contributed by atoms with Crippen LogP contribution in [0.15, 0.2) is 48.5 Å². The Kier molecular flexibility index (Phi) is 7.55. The topological polar surface area (TPSA) is 77.1 Å². The van der Waals surface area contributed by atoms with Gasteiger partial charge in [0, 0.05) is 30.4 Å². The number of alkyl halides is 2.